The topological polar surface area (TPSA) is 21.8 Å². The Morgan fingerprint density at radius 2 is 2.44 bits per heavy atom. The van der Waals surface area contributed by atoms with Crippen LogP contribution in [-0.2, 0) is 9.47 Å². The van der Waals surface area contributed by atoms with Gasteiger partial charge in [0.25, 0.3) is 0 Å². The van der Waals surface area contributed by atoms with Crippen LogP contribution < -0.4 is 0 Å². The predicted octanol–water partition coefficient (Wildman–Crippen LogP) is 0.761. The maximum Gasteiger partial charge on any atom is 0.104 e. The largest absolute Gasteiger partial charge is 0.379 e. The van der Waals surface area contributed by atoms with Crippen LogP contribution in [0.5, 0.6) is 0 Å². The minimum atomic E-state index is -0.286. The molecule has 1 fully saturated rings. The van der Waals surface area contributed by atoms with E-state index in [1.165, 1.54) is 0 Å². The second-order valence-corrected chi connectivity index (χ2v) is 2.07. The van der Waals surface area contributed by atoms with Gasteiger partial charge in [-0.3, -0.25) is 4.39 Å². The first-order chi connectivity index (χ1) is 4.43. The molecule has 1 aliphatic heterocycles. The van der Waals surface area contributed by atoms with Crippen LogP contribution in [0.15, 0.2) is 0 Å². The van der Waals surface area contributed by atoms with Crippen LogP contribution in [0.3, 0.4) is 0 Å². The standard InChI is InChI=1S/C6H11FO2/c7-2-1-3-8-4-6-5-9-6/h6H,1-5H2. The third-order valence-corrected chi connectivity index (χ3v) is 1.13. The Morgan fingerprint density at radius 1 is 1.67 bits per heavy atom. The molecule has 0 saturated carbocycles. The summed E-state index contributed by atoms with van der Waals surface area (Å²) in [6.45, 7) is 1.69. The minimum absolute atomic E-state index is 0.286. The van der Waals surface area contributed by atoms with Gasteiger partial charge in [0.2, 0.25) is 0 Å². The highest BCUT2D eigenvalue weighted by atomic mass is 19.1. The Labute approximate surface area is 54.0 Å². The van der Waals surface area contributed by atoms with Crippen molar-refractivity contribution in [3.8, 4) is 0 Å². The summed E-state index contributed by atoms with van der Waals surface area (Å²) >= 11 is 0. The molecule has 0 spiro atoms. The van der Waals surface area contributed by atoms with E-state index in [1.54, 1.807) is 0 Å². The number of hydrogen-bond donors (Lipinski definition) is 0. The lowest BCUT2D eigenvalue weighted by molar-refractivity contribution is 0.110. The Balaban J connectivity index is 1.71. The van der Waals surface area contributed by atoms with Crippen molar-refractivity contribution in [2.45, 2.75) is 12.5 Å². The smallest absolute Gasteiger partial charge is 0.104 e. The van der Waals surface area contributed by atoms with Crippen molar-refractivity contribution in [1.29, 1.82) is 0 Å². The van der Waals surface area contributed by atoms with Crippen molar-refractivity contribution in [3.63, 3.8) is 0 Å². The summed E-state index contributed by atoms with van der Waals surface area (Å²) in [5, 5.41) is 0. The van der Waals surface area contributed by atoms with Gasteiger partial charge >= 0.3 is 0 Å². The van der Waals surface area contributed by atoms with Gasteiger partial charge in [0.05, 0.1) is 19.9 Å². The molecular weight excluding hydrogens is 123 g/mol. The highest BCUT2D eigenvalue weighted by Gasteiger charge is 2.21. The molecule has 1 unspecified atom stereocenters. The van der Waals surface area contributed by atoms with Gasteiger partial charge in [0.1, 0.15) is 6.10 Å². The van der Waals surface area contributed by atoms with E-state index in [2.05, 4.69) is 0 Å². The van der Waals surface area contributed by atoms with Crippen LogP contribution in [0.2, 0.25) is 0 Å². The molecule has 0 aromatic carbocycles. The second-order valence-electron chi connectivity index (χ2n) is 2.07. The molecule has 0 aromatic rings. The van der Waals surface area contributed by atoms with Crippen molar-refractivity contribution < 1.29 is 13.9 Å². The van der Waals surface area contributed by atoms with Crippen molar-refractivity contribution in [2.24, 2.45) is 0 Å². The zero-order chi connectivity index (χ0) is 6.53. The van der Waals surface area contributed by atoms with Gasteiger partial charge < -0.3 is 9.47 Å². The monoisotopic (exact) mass is 134 g/mol. The summed E-state index contributed by atoms with van der Waals surface area (Å²) in [5.41, 5.74) is 0. The van der Waals surface area contributed by atoms with Crippen LogP contribution in [0.1, 0.15) is 6.42 Å². The van der Waals surface area contributed by atoms with Crippen molar-refractivity contribution in [2.75, 3.05) is 26.5 Å². The number of rotatable bonds is 5. The van der Waals surface area contributed by atoms with E-state index in [0.717, 1.165) is 6.61 Å². The summed E-state index contributed by atoms with van der Waals surface area (Å²) in [7, 11) is 0. The molecule has 1 atom stereocenters. The van der Waals surface area contributed by atoms with Crippen LogP contribution >= 0.6 is 0 Å². The van der Waals surface area contributed by atoms with Crippen LogP contribution in [0.4, 0.5) is 4.39 Å². The van der Waals surface area contributed by atoms with Crippen molar-refractivity contribution in [3.05, 3.63) is 0 Å². The predicted molar refractivity (Wildman–Crippen MR) is 31.2 cm³/mol. The minimum Gasteiger partial charge on any atom is -0.379 e. The summed E-state index contributed by atoms with van der Waals surface area (Å²) in [5.74, 6) is 0. The maximum absolute atomic E-state index is 11.4. The lowest BCUT2D eigenvalue weighted by Gasteiger charge is -1.96. The second kappa shape index (κ2) is 3.80. The van der Waals surface area contributed by atoms with Gasteiger partial charge in [-0.05, 0) is 6.42 Å². The first kappa shape index (κ1) is 6.96. The molecule has 1 aliphatic rings. The number of halogens is 1. The highest BCUT2D eigenvalue weighted by Crippen LogP contribution is 2.08. The average molecular weight is 134 g/mol. The summed E-state index contributed by atoms with van der Waals surface area (Å²) in [4.78, 5) is 0. The molecule has 0 amide bonds. The molecular formula is C6H11FO2. The van der Waals surface area contributed by atoms with E-state index in [-0.39, 0.29) is 6.67 Å². The maximum atomic E-state index is 11.4. The molecule has 54 valence electrons. The van der Waals surface area contributed by atoms with Gasteiger partial charge in [-0.1, -0.05) is 0 Å². The molecule has 0 aliphatic carbocycles. The quantitative estimate of drug-likeness (QED) is 0.409. The fraction of sp³-hybridized carbons (Fsp3) is 1.00. The molecule has 0 bridgehead atoms. The molecule has 9 heavy (non-hydrogen) atoms. The number of alkyl halides is 1. The van der Waals surface area contributed by atoms with E-state index >= 15 is 0 Å². The van der Waals surface area contributed by atoms with Crippen LogP contribution in [0.25, 0.3) is 0 Å². The fourth-order valence-electron chi connectivity index (χ4n) is 0.536. The molecule has 1 heterocycles. The average Bonchev–Trinajstić information content (AvgIpc) is 2.63. The Kier molecular flexibility index (Phi) is 2.94. The molecule has 0 aromatic heterocycles. The van der Waals surface area contributed by atoms with E-state index in [9.17, 15) is 4.39 Å². The van der Waals surface area contributed by atoms with E-state index in [0.29, 0.717) is 25.7 Å². The number of ether oxygens (including phenoxy) is 2. The SMILES string of the molecule is FCCCOCC1CO1. The molecule has 3 heteroatoms. The first-order valence-corrected chi connectivity index (χ1v) is 3.19. The van der Waals surface area contributed by atoms with Crippen LogP contribution in [-0.4, -0.2) is 32.6 Å². The summed E-state index contributed by atoms with van der Waals surface area (Å²) in [6, 6.07) is 0. The fourth-order valence-corrected chi connectivity index (χ4v) is 0.536. The third kappa shape index (κ3) is 3.43. The Hall–Kier alpha value is -0.150. The number of hydrogen-bond acceptors (Lipinski definition) is 2. The lowest BCUT2D eigenvalue weighted by atomic mass is 10.5. The summed E-state index contributed by atoms with van der Waals surface area (Å²) < 4.78 is 21.3. The summed E-state index contributed by atoms with van der Waals surface area (Å²) in [6.07, 6.45) is 0.816. The molecule has 1 saturated heterocycles. The first-order valence-electron chi connectivity index (χ1n) is 3.19. The van der Waals surface area contributed by atoms with Gasteiger partial charge in [-0.25, -0.2) is 0 Å². The molecule has 2 nitrogen and oxygen atoms in total. The van der Waals surface area contributed by atoms with E-state index < -0.39 is 0 Å². The third-order valence-electron chi connectivity index (χ3n) is 1.13. The van der Waals surface area contributed by atoms with E-state index in [4.69, 9.17) is 9.47 Å². The van der Waals surface area contributed by atoms with Gasteiger partial charge in [-0.2, -0.15) is 0 Å². The zero-order valence-electron chi connectivity index (χ0n) is 5.31. The number of epoxide rings is 1. The lowest BCUT2D eigenvalue weighted by Crippen LogP contribution is -2.02. The van der Waals surface area contributed by atoms with Gasteiger partial charge in [-0.15, -0.1) is 0 Å². The van der Waals surface area contributed by atoms with Crippen molar-refractivity contribution >= 4 is 0 Å². The molecule has 1 rings (SSSR count). The van der Waals surface area contributed by atoms with E-state index in [1.807, 2.05) is 0 Å². The van der Waals surface area contributed by atoms with Gasteiger partial charge in [0.15, 0.2) is 0 Å². The molecule has 0 radical (unpaired) electrons. The van der Waals surface area contributed by atoms with Crippen LogP contribution in [0, 0.1) is 0 Å². The Bertz CT molecular complexity index is 73.5. The van der Waals surface area contributed by atoms with Crippen molar-refractivity contribution in [1.82, 2.24) is 0 Å². The zero-order valence-corrected chi connectivity index (χ0v) is 5.31. The highest BCUT2D eigenvalue weighted by molar-refractivity contribution is 4.66. The molecule has 0 N–H and O–H groups in total. The Morgan fingerprint density at radius 3 is 3.00 bits per heavy atom. The normalized spacial score (nSPS) is 24.3. The van der Waals surface area contributed by atoms with Gasteiger partial charge in [0, 0.05) is 6.61 Å².